The van der Waals surface area contributed by atoms with Crippen LogP contribution in [0.25, 0.3) is 22.3 Å². The fourth-order valence-corrected chi connectivity index (χ4v) is 7.49. The first-order valence-electron chi connectivity index (χ1n) is 14.9. The van der Waals surface area contributed by atoms with Gasteiger partial charge in [-0.2, -0.15) is 14.6 Å². The topological polar surface area (TPSA) is 170 Å². The Bertz CT molecular complexity index is 2380. The molecule has 16 heteroatoms. The highest BCUT2D eigenvalue weighted by Gasteiger charge is 2.69. The molecule has 2 unspecified atom stereocenters. The predicted octanol–water partition coefficient (Wildman–Crippen LogP) is 4.72. The van der Waals surface area contributed by atoms with Crippen LogP contribution in [0.4, 0.5) is 5.82 Å². The van der Waals surface area contributed by atoms with E-state index in [1.54, 1.807) is 36.9 Å². The molecular weight excluding hydrogens is 659 g/mol. The van der Waals surface area contributed by atoms with Crippen molar-refractivity contribution >= 4 is 51.2 Å². The summed E-state index contributed by atoms with van der Waals surface area (Å²) in [6.07, 6.45) is 8.17. The average Bonchev–Trinajstić information content (AvgIpc) is 4.00. The number of fused-ring (bicyclic) bond motifs is 1. The molecule has 0 fully saturated rings. The summed E-state index contributed by atoms with van der Waals surface area (Å²) in [5.74, 6) is 0.802. The zero-order valence-electron chi connectivity index (χ0n) is 25.1. The third-order valence-electron chi connectivity index (χ3n) is 8.39. The van der Waals surface area contributed by atoms with Crippen LogP contribution in [-0.2, 0) is 11.1 Å². The van der Waals surface area contributed by atoms with E-state index in [-0.39, 0.29) is 0 Å². The Morgan fingerprint density at radius 3 is 2.37 bits per heavy atom. The van der Waals surface area contributed by atoms with E-state index in [9.17, 15) is 0 Å². The Balaban J connectivity index is 1.54. The lowest BCUT2D eigenvalue weighted by Gasteiger charge is -2.56. The Labute approximate surface area is 285 Å². The Morgan fingerprint density at radius 1 is 0.714 bits per heavy atom. The van der Waals surface area contributed by atoms with Crippen molar-refractivity contribution in [2.24, 2.45) is 0 Å². The molecule has 0 saturated carbocycles. The third-order valence-corrected chi connectivity index (χ3v) is 9.44. The van der Waals surface area contributed by atoms with Gasteiger partial charge < -0.3 is 9.84 Å². The summed E-state index contributed by atoms with van der Waals surface area (Å²) >= 11 is 2.48. The number of para-hydroxylation sites is 1. The second kappa shape index (κ2) is 11.7. The van der Waals surface area contributed by atoms with Crippen LogP contribution < -0.4 is 10.2 Å². The van der Waals surface area contributed by atoms with Crippen LogP contribution in [0.2, 0.25) is 0 Å². The lowest BCUT2D eigenvalue weighted by molar-refractivity contribution is 0.238. The molecule has 0 bridgehead atoms. The number of hydrogen-bond acceptors (Lipinski definition) is 16. The lowest BCUT2D eigenvalue weighted by atomic mass is 9.65. The van der Waals surface area contributed by atoms with Crippen LogP contribution in [0, 0.1) is 0 Å². The number of anilines is 1. The molecule has 2 atom stereocenters. The molecule has 9 rings (SSSR count). The van der Waals surface area contributed by atoms with Crippen molar-refractivity contribution in [2.45, 2.75) is 11.1 Å². The summed E-state index contributed by atoms with van der Waals surface area (Å²) in [5.41, 5.74) is 1.43. The molecule has 1 aliphatic heterocycles. The maximum atomic E-state index is 5.53. The molecule has 236 valence electrons. The molecule has 7 aromatic heterocycles. The Hall–Kier alpha value is -6.39. The number of benzene rings is 1. The van der Waals surface area contributed by atoms with Gasteiger partial charge in [-0.25, -0.2) is 15.0 Å². The van der Waals surface area contributed by atoms with E-state index in [0.717, 1.165) is 10.9 Å². The van der Waals surface area contributed by atoms with Crippen molar-refractivity contribution < 1.29 is 4.52 Å². The molecule has 8 aromatic rings. The van der Waals surface area contributed by atoms with Crippen molar-refractivity contribution in [3.63, 3.8) is 0 Å². The maximum Gasteiger partial charge on any atom is 0.177 e. The second-order valence-electron chi connectivity index (χ2n) is 10.9. The monoisotopic (exact) mass is 679 g/mol. The molecule has 0 aliphatic carbocycles. The number of nitrogens with one attached hydrogen (secondary N) is 1. The first-order chi connectivity index (χ1) is 24.3. The zero-order valence-corrected chi connectivity index (χ0v) is 26.8. The van der Waals surface area contributed by atoms with Gasteiger partial charge in [0, 0.05) is 40.8 Å². The minimum absolute atomic E-state index is 0.341. The lowest BCUT2D eigenvalue weighted by Crippen LogP contribution is -2.70. The van der Waals surface area contributed by atoms with Gasteiger partial charge in [-0.05, 0) is 71.6 Å². The predicted molar refractivity (Wildman–Crippen MR) is 180 cm³/mol. The fourth-order valence-electron chi connectivity index (χ4n) is 6.51. The smallest absolute Gasteiger partial charge is 0.177 e. The summed E-state index contributed by atoms with van der Waals surface area (Å²) in [4.78, 5) is 21.8. The van der Waals surface area contributed by atoms with Crippen LogP contribution in [0.3, 0.4) is 0 Å². The first kappa shape index (κ1) is 28.8. The van der Waals surface area contributed by atoms with Gasteiger partial charge >= 0.3 is 0 Å². The molecule has 0 amide bonds. The van der Waals surface area contributed by atoms with Gasteiger partial charge in [0.25, 0.3) is 0 Å². The highest BCUT2D eigenvalue weighted by molar-refractivity contribution is 7.03. The molecule has 0 spiro atoms. The van der Waals surface area contributed by atoms with Crippen LogP contribution in [-0.4, -0.2) is 54.5 Å². The number of hydrogen-bond donors (Lipinski definition) is 1. The SMILES string of the molecule is c1ccc(C2=C(c3ccc4ccccc4n3)NC(c3ccsn3)(c3ncccn3)C(c3cccnn3)(c3conn3)N2c2csnn2)nc1. The van der Waals surface area contributed by atoms with E-state index in [0.29, 0.717) is 51.5 Å². The van der Waals surface area contributed by atoms with Crippen LogP contribution in [0.15, 0.2) is 125 Å². The molecule has 1 aromatic carbocycles. The van der Waals surface area contributed by atoms with Gasteiger partial charge in [0.1, 0.15) is 5.69 Å². The number of nitrogens with zero attached hydrogens (tertiary/aromatic N) is 12. The summed E-state index contributed by atoms with van der Waals surface area (Å²) in [5, 5.41) is 31.0. The molecule has 1 aliphatic rings. The van der Waals surface area contributed by atoms with Gasteiger partial charge in [-0.15, -0.1) is 10.2 Å². The first-order valence-corrected chi connectivity index (χ1v) is 16.6. The number of rotatable bonds is 7. The third kappa shape index (κ3) is 4.34. The van der Waals surface area contributed by atoms with Crippen LogP contribution >= 0.6 is 23.1 Å². The average molecular weight is 680 g/mol. The molecule has 8 heterocycles. The normalized spacial score (nSPS) is 19.2. The summed E-state index contributed by atoms with van der Waals surface area (Å²) in [7, 11) is 0. The number of aromatic nitrogens is 11. The highest BCUT2D eigenvalue weighted by atomic mass is 32.1. The molecule has 49 heavy (non-hydrogen) atoms. The van der Waals surface area contributed by atoms with Crippen molar-refractivity contribution in [1.29, 1.82) is 0 Å². The largest absolute Gasteiger partial charge is 0.362 e. The molecule has 0 saturated heterocycles. The minimum Gasteiger partial charge on any atom is -0.362 e. The van der Waals surface area contributed by atoms with Gasteiger partial charge in [0.2, 0.25) is 0 Å². The van der Waals surface area contributed by atoms with E-state index in [1.165, 1.54) is 29.3 Å². The van der Waals surface area contributed by atoms with Gasteiger partial charge in [-0.1, -0.05) is 34.8 Å². The van der Waals surface area contributed by atoms with Crippen molar-refractivity contribution in [3.8, 4) is 0 Å². The highest BCUT2D eigenvalue weighted by Crippen LogP contribution is 2.58. The molecule has 0 radical (unpaired) electrons. The Kier molecular flexibility index (Phi) is 6.87. The van der Waals surface area contributed by atoms with Gasteiger partial charge in [0.05, 0.1) is 45.1 Å². The van der Waals surface area contributed by atoms with Gasteiger partial charge in [0.15, 0.2) is 29.0 Å². The molecule has 1 N–H and O–H groups in total. The molecule has 14 nitrogen and oxygen atoms in total. The summed E-state index contributed by atoms with van der Waals surface area (Å²) in [6, 6.07) is 25.0. The quantitative estimate of drug-likeness (QED) is 0.245. The maximum absolute atomic E-state index is 5.53. The summed E-state index contributed by atoms with van der Waals surface area (Å²) in [6.45, 7) is 0. The van der Waals surface area contributed by atoms with Crippen molar-refractivity contribution in [1.82, 2.24) is 59.8 Å². The second-order valence-corrected chi connectivity index (χ2v) is 12.1. The molecular formula is C33H21N13OS2. The van der Waals surface area contributed by atoms with E-state index >= 15 is 0 Å². The standard InChI is InChI=1S/C33H21N13OS2/c1-2-8-22-21(7-1)11-12-23(38-22)29-30(24-9-3-4-14-34-24)46(28-20-49-45-42-28)33(27-19-47-44-41-27,26-10-5-17-37-40-26)32(39-29,25-13-18-48-43-25)31-35-15-6-16-36-31/h1-20,39H. The van der Waals surface area contributed by atoms with E-state index in [2.05, 4.69) is 30.4 Å². The summed E-state index contributed by atoms with van der Waals surface area (Å²) < 4.78 is 14.8. The van der Waals surface area contributed by atoms with Crippen molar-refractivity contribution in [2.75, 3.05) is 4.90 Å². The Morgan fingerprint density at radius 2 is 1.61 bits per heavy atom. The van der Waals surface area contributed by atoms with E-state index < -0.39 is 11.1 Å². The fraction of sp³-hybridized carbons (Fsp3) is 0.0606. The van der Waals surface area contributed by atoms with E-state index in [1.807, 2.05) is 82.4 Å². The van der Waals surface area contributed by atoms with Crippen LogP contribution in [0.5, 0.6) is 0 Å². The van der Waals surface area contributed by atoms with Crippen molar-refractivity contribution in [3.05, 3.63) is 155 Å². The van der Waals surface area contributed by atoms with E-state index in [4.69, 9.17) is 33.9 Å². The minimum atomic E-state index is -1.58. The van der Waals surface area contributed by atoms with Crippen LogP contribution in [0.1, 0.15) is 34.3 Å². The number of pyridine rings is 2. The van der Waals surface area contributed by atoms with Gasteiger partial charge in [-0.3, -0.25) is 9.88 Å². The zero-order chi connectivity index (χ0) is 32.7.